The molecule has 3 nitrogen and oxygen atoms in total. The molecule has 5 heteroatoms. The van der Waals surface area contributed by atoms with E-state index in [1.807, 2.05) is 18.4 Å². The normalized spacial score (nSPS) is 11.1. The predicted octanol–water partition coefficient (Wildman–Crippen LogP) is 3.98. The zero-order chi connectivity index (χ0) is 12.6. The average Bonchev–Trinajstić information content (AvgIpc) is 2.68. The summed E-state index contributed by atoms with van der Waals surface area (Å²) in [6.45, 7) is 6.09. The van der Waals surface area contributed by atoms with Crippen molar-refractivity contribution in [3.63, 3.8) is 0 Å². The number of halogens is 1. The van der Waals surface area contributed by atoms with E-state index in [1.165, 1.54) is 0 Å². The molecule has 2 aromatic heterocycles. The Kier molecular flexibility index (Phi) is 3.49. The van der Waals surface area contributed by atoms with Crippen LogP contribution in [0.4, 0.5) is 5.82 Å². The highest BCUT2D eigenvalue weighted by atomic mass is 79.9. The number of anilines is 1. The molecule has 0 saturated carbocycles. The van der Waals surface area contributed by atoms with Gasteiger partial charge in [-0.25, -0.2) is 9.97 Å². The number of hydrogen-bond donors (Lipinski definition) is 1. The number of hydrogen-bond acceptors (Lipinski definition) is 4. The minimum Gasteiger partial charge on any atom is -0.383 e. The molecule has 2 heterocycles. The second kappa shape index (κ2) is 4.74. The third kappa shape index (κ3) is 2.35. The standard InChI is InChI=1S/C12H14BrN3S/c1-6(2)12-15-9(7(3)11(14)16-12)10-8(13)4-5-17-10/h4-6H,1-3H3,(H2,14,15,16). The molecular formula is C12H14BrN3S. The third-order valence-electron chi connectivity index (χ3n) is 2.55. The Hall–Kier alpha value is -0.940. The molecule has 2 N–H and O–H groups in total. The van der Waals surface area contributed by atoms with Crippen molar-refractivity contribution in [3.8, 4) is 10.6 Å². The molecule has 0 atom stereocenters. The quantitative estimate of drug-likeness (QED) is 0.912. The number of nitrogen functional groups attached to an aromatic ring is 1. The molecule has 0 bridgehead atoms. The third-order valence-corrected chi connectivity index (χ3v) is 4.39. The summed E-state index contributed by atoms with van der Waals surface area (Å²) in [4.78, 5) is 10.1. The van der Waals surface area contributed by atoms with Gasteiger partial charge in [0.15, 0.2) is 0 Å². The SMILES string of the molecule is Cc1c(N)nc(C(C)C)nc1-c1sccc1Br. The van der Waals surface area contributed by atoms with E-state index in [9.17, 15) is 0 Å². The van der Waals surface area contributed by atoms with Crippen molar-refractivity contribution in [1.29, 1.82) is 0 Å². The Labute approximate surface area is 113 Å². The fraction of sp³-hybridized carbons (Fsp3) is 0.333. The van der Waals surface area contributed by atoms with Crippen molar-refractivity contribution in [2.45, 2.75) is 26.7 Å². The van der Waals surface area contributed by atoms with Crippen molar-refractivity contribution in [2.75, 3.05) is 5.73 Å². The molecule has 0 saturated heterocycles. The Balaban J connectivity index is 2.65. The van der Waals surface area contributed by atoms with E-state index in [0.717, 1.165) is 26.4 Å². The Morgan fingerprint density at radius 2 is 2.06 bits per heavy atom. The van der Waals surface area contributed by atoms with E-state index in [2.05, 4.69) is 39.7 Å². The van der Waals surface area contributed by atoms with Gasteiger partial charge in [-0.2, -0.15) is 0 Å². The fourth-order valence-electron chi connectivity index (χ4n) is 1.49. The Morgan fingerprint density at radius 1 is 1.35 bits per heavy atom. The molecule has 0 aromatic carbocycles. The van der Waals surface area contributed by atoms with Gasteiger partial charge in [0.05, 0.1) is 10.6 Å². The van der Waals surface area contributed by atoms with Crippen LogP contribution in [-0.2, 0) is 0 Å². The number of thiophene rings is 1. The predicted molar refractivity (Wildman–Crippen MR) is 76.3 cm³/mol. The molecule has 0 unspecified atom stereocenters. The monoisotopic (exact) mass is 311 g/mol. The van der Waals surface area contributed by atoms with Crippen molar-refractivity contribution >= 4 is 33.1 Å². The molecule has 0 aliphatic heterocycles. The topological polar surface area (TPSA) is 51.8 Å². The largest absolute Gasteiger partial charge is 0.383 e. The highest BCUT2D eigenvalue weighted by Gasteiger charge is 2.15. The molecule has 0 aliphatic rings. The molecule has 0 spiro atoms. The van der Waals surface area contributed by atoms with Crippen molar-refractivity contribution < 1.29 is 0 Å². The lowest BCUT2D eigenvalue weighted by Crippen LogP contribution is -2.05. The summed E-state index contributed by atoms with van der Waals surface area (Å²) in [7, 11) is 0. The first kappa shape index (κ1) is 12.5. The molecule has 2 rings (SSSR count). The lowest BCUT2D eigenvalue weighted by Gasteiger charge is -2.11. The maximum atomic E-state index is 5.95. The maximum absolute atomic E-state index is 5.95. The molecule has 17 heavy (non-hydrogen) atoms. The zero-order valence-electron chi connectivity index (χ0n) is 9.99. The summed E-state index contributed by atoms with van der Waals surface area (Å²) in [5, 5.41) is 2.03. The number of rotatable bonds is 2. The van der Waals surface area contributed by atoms with Gasteiger partial charge in [0, 0.05) is 16.0 Å². The molecule has 90 valence electrons. The van der Waals surface area contributed by atoms with Gasteiger partial charge in [-0.05, 0) is 34.3 Å². The lowest BCUT2D eigenvalue weighted by molar-refractivity contribution is 0.776. The van der Waals surface area contributed by atoms with Crippen LogP contribution in [0.5, 0.6) is 0 Å². The van der Waals surface area contributed by atoms with Crippen LogP contribution >= 0.6 is 27.3 Å². The molecular weight excluding hydrogens is 298 g/mol. The van der Waals surface area contributed by atoms with Crippen LogP contribution in [0.1, 0.15) is 31.2 Å². The van der Waals surface area contributed by atoms with Gasteiger partial charge in [-0.3, -0.25) is 0 Å². The van der Waals surface area contributed by atoms with E-state index in [0.29, 0.717) is 5.82 Å². The van der Waals surface area contributed by atoms with Crippen LogP contribution in [0.3, 0.4) is 0 Å². The first-order valence-corrected chi connectivity index (χ1v) is 7.05. The van der Waals surface area contributed by atoms with Crippen molar-refractivity contribution in [2.24, 2.45) is 0 Å². The first-order valence-electron chi connectivity index (χ1n) is 5.38. The van der Waals surface area contributed by atoms with Gasteiger partial charge in [-0.1, -0.05) is 13.8 Å². The number of nitrogens with zero attached hydrogens (tertiary/aromatic N) is 2. The van der Waals surface area contributed by atoms with E-state index in [-0.39, 0.29) is 5.92 Å². The van der Waals surface area contributed by atoms with E-state index < -0.39 is 0 Å². The second-order valence-electron chi connectivity index (χ2n) is 4.19. The van der Waals surface area contributed by atoms with Gasteiger partial charge in [0.2, 0.25) is 0 Å². The molecule has 0 aliphatic carbocycles. The average molecular weight is 312 g/mol. The number of aromatic nitrogens is 2. The summed E-state index contributed by atoms with van der Waals surface area (Å²) < 4.78 is 1.05. The van der Waals surface area contributed by atoms with Gasteiger partial charge >= 0.3 is 0 Å². The van der Waals surface area contributed by atoms with Crippen LogP contribution in [0.15, 0.2) is 15.9 Å². The van der Waals surface area contributed by atoms with Crippen molar-refractivity contribution in [1.82, 2.24) is 9.97 Å². The van der Waals surface area contributed by atoms with Crippen LogP contribution in [-0.4, -0.2) is 9.97 Å². The van der Waals surface area contributed by atoms with Crippen LogP contribution in [0.25, 0.3) is 10.6 Å². The maximum Gasteiger partial charge on any atom is 0.133 e. The summed E-state index contributed by atoms with van der Waals surface area (Å²) in [5.41, 5.74) is 7.83. The highest BCUT2D eigenvalue weighted by Crippen LogP contribution is 2.35. The molecule has 0 fully saturated rings. The van der Waals surface area contributed by atoms with E-state index in [4.69, 9.17) is 5.73 Å². The Bertz CT molecular complexity index is 549. The first-order chi connectivity index (χ1) is 8.00. The summed E-state index contributed by atoms with van der Waals surface area (Å²) >= 11 is 5.19. The zero-order valence-corrected chi connectivity index (χ0v) is 12.4. The lowest BCUT2D eigenvalue weighted by atomic mass is 10.1. The summed E-state index contributed by atoms with van der Waals surface area (Å²) in [6.07, 6.45) is 0. The van der Waals surface area contributed by atoms with Crippen LogP contribution in [0.2, 0.25) is 0 Å². The molecule has 2 aromatic rings. The minimum atomic E-state index is 0.274. The van der Waals surface area contributed by atoms with Crippen LogP contribution < -0.4 is 5.73 Å². The van der Waals surface area contributed by atoms with E-state index in [1.54, 1.807) is 11.3 Å². The van der Waals surface area contributed by atoms with Gasteiger partial charge < -0.3 is 5.73 Å². The van der Waals surface area contributed by atoms with Crippen molar-refractivity contribution in [3.05, 3.63) is 27.3 Å². The van der Waals surface area contributed by atoms with Gasteiger partial charge in [0.25, 0.3) is 0 Å². The van der Waals surface area contributed by atoms with Gasteiger partial charge in [0.1, 0.15) is 11.6 Å². The minimum absolute atomic E-state index is 0.274. The molecule has 0 radical (unpaired) electrons. The van der Waals surface area contributed by atoms with Gasteiger partial charge in [-0.15, -0.1) is 11.3 Å². The smallest absolute Gasteiger partial charge is 0.133 e. The number of nitrogens with two attached hydrogens (primary N) is 1. The highest BCUT2D eigenvalue weighted by molar-refractivity contribution is 9.10. The second-order valence-corrected chi connectivity index (χ2v) is 5.96. The van der Waals surface area contributed by atoms with Crippen LogP contribution in [0, 0.1) is 6.92 Å². The molecule has 0 amide bonds. The van der Waals surface area contributed by atoms with E-state index >= 15 is 0 Å². The Morgan fingerprint density at radius 3 is 2.59 bits per heavy atom. The summed E-state index contributed by atoms with van der Waals surface area (Å²) in [6, 6.07) is 2.02. The fourth-order valence-corrected chi connectivity index (χ4v) is 3.10. The summed E-state index contributed by atoms with van der Waals surface area (Å²) in [5.74, 6) is 1.64.